The van der Waals surface area contributed by atoms with Crippen LogP contribution in [-0.2, 0) is 16.8 Å². The predicted octanol–water partition coefficient (Wildman–Crippen LogP) is 2.63. The molecule has 0 saturated heterocycles. The Morgan fingerprint density at radius 2 is 1.85 bits per heavy atom. The smallest absolute Gasteiger partial charge is 0.254 e. The van der Waals surface area contributed by atoms with Crippen LogP contribution in [0.1, 0.15) is 5.56 Å². The van der Waals surface area contributed by atoms with Crippen molar-refractivity contribution in [1.29, 1.82) is 0 Å². The van der Waals surface area contributed by atoms with Crippen molar-refractivity contribution in [3.05, 3.63) is 58.7 Å². The Morgan fingerprint density at radius 3 is 2.50 bits per heavy atom. The lowest BCUT2D eigenvalue weighted by molar-refractivity contribution is 0.471. The summed E-state index contributed by atoms with van der Waals surface area (Å²) in [6.45, 7) is 0.296. The minimum Gasteiger partial charge on any atom is -0.254 e. The maximum absolute atomic E-state index is 12.2. The summed E-state index contributed by atoms with van der Waals surface area (Å²) in [5.74, 6) is 0.277. The first-order valence-corrected chi connectivity index (χ1v) is 8.11. The fraction of sp³-hybridized carbons (Fsp3) is 0.154. The van der Waals surface area contributed by atoms with E-state index in [-0.39, 0.29) is 5.82 Å². The summed E-state index contributed by atoms with van der Waals surface area (Å²) in [5.41, 5.74) is 0.919. The zero-order chi connectivity index (χ0) is 14.6. The van der Waals surface area contributed by atoms with E-state index in [9.17, 15) is 8.42 Å². The number of pyridine rings is 1. The molecule has 5 nitrogen and oxygen atoms in total. The van der Waals surface area contributed by atoms with E-state index in [2.05, 4.69) is 25.6 Å². The standard InChI is InChI=1S/C13H14BrN3O2S/c1-17(10-11-6-3-2-4-7-11)20(18,19)16-13-9-5-8-12(14)15-13/h2-9H,10H2,1H3,(H,15,16). The largest absolute Gasteiger partial charge is 0.302 e. The summed E-state index contributed by atoms with van der Waals surface area (Å²) in [7, 11) is -2.11. The van der Waals surface area contributed by atoms with E-state index in [4.69, 9.17) is 0 Å². The SMILES string of the molecule is CN(Cc1ccccc1)S(=O)(=O)Nc1cccc(Br)n1. The summed E-state index contributed by atoms with van der Waals surface area (Å²) >= 11 is 3.20. The van der Waals surface area contributed by atoms with Gasteiger partial charge in [0.1, 0.15) is 10.4 Å². The van der Waals surface area contributed by atoms with Gasteiger partial charge in [-0.25, -0.2) is 4.98 Å². The van der Waals surface area contributed by atoms with Gasteiger partial charge in [-0.1, -0.05) is 36.4 Å². The van der Waals surface area contributed by atoms with Gasteiger partial charge in [-0.2, -0.15) is 12.7 Å². The topological polar surface area (TPSA) is 62.3 Å². The number of rotatable bonds is 5. The first kappa shape index (κ1) is 15.0. The Labute approximate surface area is 127 Å². The second kappa shape index (κ2) is 6.34. The van der Waals surface area contributed by atoms with Crippen LogP contribution in [0.5, 0.6) is 0 Å². The fourth-order valence-corrected chi connectivity index (χ4v) is 2.80. The van der Waals surface area contributed by atoms with Crippen LogP contribution >= 0.6 is 15.9 Å². The Kier molecular flexibility index (Phi) is 4.74. The van der Waals surface area contributed by atoms with E-state index in [0.717, 1.165) is 5.56 Å². The lowest BCUT2D eigenvalue weighted by atomic mass is 10.2. The van der Waals surface area contributed by atoms with Gasteiger partial charge in [-0.05, 0) is 33.6 Å². The molecule has 1 N–H and O–H groups in total. The molecule has 0 unspecified atom stereocenters. The minimum absolute atomic E-state index is 0.277. The second-order valence-corrected chi connectivity index (χ2v) is 6.78. The van der Waals surface area contributed by atoms with Crippen LogP contribution < -0.4 is 4.72 Å². The molecule has 0 fully saturated rings. The highest BCUT2D eigenvalue weighted by molar-refractivity contribution is 9.10. The van der Waals surface area contributed by atoms with Gasteiger partial charge in [0, 0.05) is 13.6 Å². The third-order valence-electron chi connectivity index (χ3n) is 2.61. The van der Waals surface area contributed by atoms with E-state index >= 15 is 0 Å². The van der Waals surface area contributed by atoms with Crippen molar-refractivity contribution in [3.8, 4) is 0 Å². The van der Waals surface area contributed by atoms with Crippen LogP contribution in [0.25, 0.3) is 0 Å². The Balaban J connectivity index is 2.10. The molecule has 0 radical (unpaired) electrons. The molecule has 0 aliphatic heterocycles. The molecule has 2 aromatic rings. The Morgan fingerprint density at radius 1 is 1.15 bits per heavy atom. The molecule has 0 amide bonds. The van der Waals surface area contributed by atoms with Crippen LogP contribution in [0.15, 0.2) is 53.1 Å². The van der Waals surface area contributed by atoms with Gasteiger partial charge in [0.25, 0.3) is 0 Å². The number of aromatic nitrogens is 1. The van der Waals surface area contributed by atoms with Gasteiger partial charge in [-0.15, -0.1) is 0 Å². The fourth-order valence-electron chi connectivity index (χ4n) is 1.60. The van der Waals surface area contributed by atoms with Crippen molar-refractivity contribution in [3.63, 3.8) is 0 Å². The molecule has 0 bridgehead atoms. The molecule has 0 atom stereocenters. The van der Waals surface area contributed by atoms with E-state index < -0.39 is 10.2 Å². The highest BCUT2D eigenvalue weighted by Gasteiger charge is 2.18. The van der Waals surface area contributed by atoms with Gasteiger partial charge < -0.3 is 0 Å². The van der Waals surface area contributed by atoms with Crippen molar-refractivity contribution in [1.82, 2.24) is 9.29 Å². The number of anilines is 1. The van der Waals surface area contributed by atoms with Crippen molar-refractivity contribution < 1.29 is 8.42 Å². The van der Waals surface area contributed by atoms with Gasteiger partial charge in [0.2, 0.25) is 0 Å². The van der Waals surface area contributed by atoms with E-state index in [0.29, 0.717) is 11.1 Å². The molecule has 1 heterocycles. The zero-order valence-corrected chi connectivity index (χ0v) is 13.2. The molecule has 20 heavy (non-hydrogen) atoms. The molecule has 0 saturated carbocycles. The molecule has 1 aromatic carbocycles. The third-order valence-corrected chi connectivity index (χ3v) is 4.47. The number of benzene rings is 1. The number of halogens is 1. The summed E-state index contributed by atoms with van der Waals surface area (Å²) < 4.78 is 28.6. The Hall–Kier alpha value is -1.44. The second-order valence-electron chi connectivity index (χ2n) is 4.19. The van der Waals surface area contributed by atoms with E-state index in [1.807, 2.05) is 30.3 Å². The quantitative estimate of drug-likeness (QED) is 0.838. The minimum atomic E-state index is -3.63. The lowest BCUT2D eigenvalue weighted by Gasteiger charge is -2.18. The molecule has 0 aliphatic carbocycles. The Bertz CT molecular complexity index is 677. The molecule has 1 aromatic heterocycles. The van der Waals surface area contributed by atoms with Gasteiger partial charge in [0.15, 0.2) is 0 Å². The molecule has 0 aliphatic rings. The predicted molar refractivity (Wildman–Crippen MR) is 82.4 cm³/mol. The summed E-state index contributed by atoms with van der Waals surface area (Å²) in [5, 5.41) is 0. The monoisotopic (exact) mass is 355 g/mol. The molecule has 7 heteroatoms. The first-order valence-electron chi connectivity index (χ1n) is 5.88. The van der Waals surface area contributed by atoms with E-state index in [1.54, 1.807) is 18.2 Å². The van der Waals surface area contributed by atoms with Crippen LogP contribution in [-0.4, -0.2) is 24.8 Å². The van der Waals surface area contributed by atoms with Crippen molar-refractivity contribution in [2.45, 2.75) is 6.54 Å². The molecule has 0 spiro atoms. The first-order chi connectivity index (χ1) is 9.47. The van der Waals surface area contributed by atoms with Crippen molar-refractivity contribution in [2.24, 2.45) is 0 Å². The number of nitrogens with one attached hydrogen (secondary N) is 1. The van der Waals surface area contributed by atoms with Crippen LogP contribution in [0.3, 0.4) is 0 Å². The molecular formula is C13H14BrN3O2S. The average molecular weight is 356 g/mol. The summed E-state index contributed by atoms with van der Waals surface area (Å²) in [6.07, 6.45) is 0. The highest BCUT2D eigenvalue weighted by Crippen LogP contribution is 2.14. The van der Waals surface area contributed by atoms with Gasteiger partial charge in [-0.3, -0.25) is 4.72 Å². The highest BCUT2D eigenvalue weighted by atomic mass is 79.9. The van der Waals surface area contributed by atoms with Crippen LogP contribution in [0.2, 0.25) is 0 Å². The number of hydrogen-bond acceptors (Lipinski definition) is 3. The van der Waals surface area contributed by atoms with Crippen LogP contribution in [0, 0.1) is 0 Å². The zero-order valence-electron chi connectivity index (χ0n) is 10.8. The van der Waals surface area contributed by atoms with E-state index in [1.165, 1.54) is 11.4 Å². The average Bonchev–Trinajstić information content (AvgIpc) is 2.39. The van der Waals surface area contributed by atoms with Gasteiger partial charge in [0.05, 0.1) is 0 Å². The number of hydrogen-bond donors (Lipinski definition) is 1. The van der Waals surface area contributed by atoms with Gasteiger partial charge >= 0.3 is 10.2 Å². The van der Waals surface area contributed by atoms with Crippen molar-refractivity contribution in [2.75, 3.05) is 11.8 Å². The molecule has 106 valence electrons. The molecule has 2 rings (SSSR count). The third kappa shape index (κ3) is 4.03. The number of nitrogens with zero attached hydrogens (tertiary/aromatic N) is 2. The van der Waals surface area contributed by atoms with Crippen LogP contribution in [0.4, 0.5) is 5.82 Å². The molecular weight excluding hydrogens is 342 g/mol. The summed E-state index contributed by atoms with van der Waals surface area (Å²) in [4.78, 5) is 4.05. The maximum atomic E-state index is 12.2. The lowest BCUT2D eigenvalue weighted by Crippen LogP contribution is -2.32. The summed E-state index contributed by atoms with van der Waals surface area (Å²) in [6, 6.07) is 14.4. The maximum Gasteiger partial charge on any atom is 0.302 e. The normalized spacial score (nSPS) is 11.6. The van der Waals surface area contributed by atoms with Crippen molar-refractivity contribution >= 4 is 32.0 Å².